The van der Waals surface area contributed by atoms with Crippen LogP contribution in [0.3, 0.4) is 0 Å². The number of hydrogen-bond acceptors (Lipinski definition) is 6. The molecule has 0 unspecified atom stereocenters. The van der Waals surface area contributed by atoms with Crippen molar-refractivity contribution in [2.45, 2.75) is 26.3 Å². The zero-order chi connectivity index (χ0) is 22.2. The Morgan fingerprint density at radius 2 is 1.72 bits per heavy atom. The molecule has 0 saturated carbocycles. The minimum absolute atomic E-state index is 0.118. The second-order valence-electron chi connectivity index (χ2n) is 7.69. The van der Waals surface area contributed by atoms with Crippen LogP contribution in [0.4, 0.5) is 0 Å². The van der Waals surface area contributed by atoms with Crippen LogP contribution >= 0.6 is 15.9 Å². The number of nitrogens with one attached hydrogen (secondary N) is 2. The fourth-order valence-electron chi connectivity index (χ4n) is 3.93. The smallest absolute Gasteiger partial charge is 0.290 e. The van der Waals surface area contributed by atoms with Gasteiger partial charge >= 0.3 is 0 Å². The van der Waals surface area contributed by atoms with Gasteiger partial charge in [0.1, 0.15) is 16.9 Å². The first-order valence-corrected chi connectivity index (χ1v) is 10.9. The van der Waals surface area contributed by atoms with Crippen LogP contribution in [0.5, 0.6) is 0 Å². The molecule has 9 nitrogen and oxygen atoms in total. The Morgan fingerprint density at radius 3 is 2.44 bits per heavy atom. The van der Waals surface area contributed by atoms with E-state index < -0.39 is 0 Å². The van der Waals surface area contributed by atoms with Gasteiger partial charge in [0.25, 0.3) is 5.56 Å². The number of H-pyrrole nitrogens is 2. The Hall–Kier alpha value is -3.66. The van der Waals surface area contributed by atoms with Gasteiger partial charge in [-0.05, 0) is 37.8 Å². The van der Waals surface area contributed by atoms with Crippen LogP contribution in [0, 0.1) is 0 Å². The second kappa shape index (κ2) is 8.12. The molecule has 3 heterocycles. The quantitative estimate of drug-likeness (QED) is 0.385. The highest BCUT2D eigenvalue weighted by atomic mass is 79.9. The molecule has 0 fully saturated rings. The summed E-state index contributed by atoms with van der Waals surface area (Å²) in [6.45, 7) is 4.59. The van der Waals surface area contributed by atoms with Crippen molar-refractivity contribution < 1.29 is 0 Å². The zero-order valence-corrected chi connectivity index (χ0v) is 19.0. The molecule has 5 rings (SSSR count). The number of nitrogens with zero attached hydrogens (tertiary/aromatic N) is 6. The summed E-state index contributed by atoms with van der Waals surface area (Å²) in [7, 11) is 0. The number of fused-ring (bicyclic) bond motifs is 1. The van der Waals surface area contributed by atoms with Gasteiger partial charge in [-0.2, -0.15) is 10.3 Å². The molecule has 0 aliphatic rings. The molecule has 0 amide bonds. The first-order valence-electron chi connectivity index (χ1n) is 10.1. The maximum absolute atomic E-state index is 12.7. The predicted octanol–water partition coefficient (Wildman–Crippen LogP) is 3.90. The maximum atomic E-state index is 12.7. The summed E-state index contributed by atoms with van der Waals surface area (Å²) >= 11 is 3.42. The summed E-state index contributed by atoms with van der Waals surface area (Å²) in [6, 6.07) is 16.0. The number of tetrazole rings is 1. The lowest BCUT2D eigenvalue weighted by atomic mass is 9.95. The fraction of sp³-hybridized carbons (Fsp3) is 0.182. The summed E-state index contributed by atoms with van der Waals surface area (Å²) in [5.74, 6) is 1.46. The number of aromatic nitrogens is 8. The normalized spacial score (nSPS) is 11.5. The molecular formula is C22H19BrN8O. The monoisotopic (exact) mass is 490 g/mol. The summed E-state index contributed by atoms with van der Waals surface area (Å²) in [6.07, 6.45) is 0. The Morgan fingerprint density at radius 1 is 1.00 bits per heavy atom. The highest BCUT2D eigenvalue weighted by Crippen LogP contribution is 2.33. The zero-order valence-electron chi connectivity index (χ0n) is 17.4. The molecule has 5 aromatic rings. The highest BCUT2D eigenvalue weighted by molar-refractivity contribution is 9.10. The molecule has 160 valence electrons. The van der Waals surface area contributed by atoms with E-state index in [0.29, 0.717) is 28.0 Å². The predicted molar refractivity (Wildman–Crippen MR) is 124 cm³/mol. The lowest BCUT2D eigenvalue weighted by Crippen LogP contribution is -2.15. The third-order valence-corrected chi connectivity index (χ3v) is 5.88. The van der Waals surface area contributed by atoms with Gasteiger partial charge in [0, 0.05) is 11.5 Å². The lowest BCUT2D eigenvalue weighted by molar-refractivity contribution is 0.682. The SMILES string of the molecule is CC(C)c1nc2c(Br)n[nH]c(=O)c2n1Cc1ccccc1-c1ccccc1-c1nn[nH]n1. The van der Waals surface area contributed by atoms with Crippen molar-refractivity contribution in [3.8, 4) is 22.5 Å². The van der Waals surface area contributed by atoms with Gasteiger partial charge in [-0.25, -0.2) is 10.1 Å². The van der Waals surface area contributed by atoms with E-state index in [4.69, 9.17) is 4.98 Å². The van der Waals surface area contributed by atoms with E-state index in [1.807, 2.05) is 41.0 Å². The summed E-state index contributed by atoms with van der Waals surface area (Å²) in [4.78, 5) is 17.4. The average Bonchev–Trinajstić information content (AvgIpc) is 3.46. The van der Waals surface area contributed by atoms with Crippen molar-refractivity contribution in [1.82, 2.24) is 40.4 Å². The molecule has 0 bridgehead atoms. The molecule has 0 spiro atoms. The van der Waals surface area contributed by atoms with Crippen LogP contribution < -0.4 is 5.56 Å². The summed E-state index contributed by atoms with van der Waals surface area (Å²) in [5, 5.41) is 21.1. The second-order valence-corrected chi connectivity index (χ2v) is 8.44. The molecule has 3 aromatic heterocycles. The standard InChI is InChI=1S/C22H19BrN8O/c1-12(2)21-24-17-18(22(32)28-25-19(17)23)31(21)11-13-7-3-4-8-14(13)15-9-5-6-10-16(15)20-26-29-30-27-20/h3-10,12H,11H2,1-2H3,(H,28,32)(H,26,27,29,30). The van der Waals surface area contributed by atoms with Crippen molar-refractivity contribution in [3.63, 3.8) is 0 Å². The minimum atomic E-state index is -0.271. The van der Waals surface area contributed by atoms with Crippen molar-refractivity contribution in [1.29, 1.82) is 0 Å². The molecule has 2 N–H and O–H groups in total. The van der Waals surface area contributed by atoms with E-state index >= 15 is 0 Å². The molecule has 0 aliphatic heterocycles. The van der Waals surface area contributed by atoms with Crippen molar-refractivity contribution >= 4 is 27.0 Å². The third-order valence-electron chi connectivity index (χ3n) is 5.33. The van der Waals surface area contributed by atoms with Crippen LogP contribution in [-0.4, -0.2) is 40.4 Å². The third kappa shape index (κ3) is 3.42. The maximum Gasteiger partial charge on any atom is 0.290 e. The van der Waals surface area contributed by atoms with Gasteiger partial charge in [-0.15, -0.1) is 10.2 Å². The van der Waals surface area contributed by atoms with Crippen LogP contribution in [0.25, 0.3) is 33.5 Å². The van der Waals surface area contributed by atoms with Crippen LogP contribution in [-0.2, 0) is 6.54 Å². The van der Waals surface area contributed by atoms with E-state index in [9.17, 15) is 4.79 Å². The van der Waals surface area contributed by atoms with Gasteiger partial charge in [-0.3, -0.25) is 4.79 Å². The van der Waals surface area contributed by atoms with Crippen molar-refractivity contribution in [2.24, 2.45) is 0 Å². The molecule has 32 heavy (non-hydrogen) atoms. The van der Waals surface area contributed by atoms with Crippen molar-refractivity contribution in [3.05, 3.63) is 74.9 Å². The van der Waals surface area contributed by atoms with Crippen LogP contribution in [0.15, 0.2) is 57.9 Å². The number of rotatable bonds is 5. The number of hydrogen-bond donors (Lipinski definition) is 2. The molecule has 2 aromatic carbocycles. The van der Waals surface area contributed by atoms with E-state index in [0.717, 1.165) is 28.1 Å². The molecule has 0 aliphatic carbocycles. The minimum Gasteiger partial charge on any atom is -0.319 e. The first kappa shape index (κ1) is 20.3. The molecule has 10 heteroatoms. The Labute approximate surface area is 191 Å². The van der Waals surface area contributed by atoms with Crippen LogP contribution in [0.1, 0.15) is 31.2 Å². The van der Waals surface area contributed by atoms with Gasteiger partial charge in [0.05, 0.1) is 6.54 Å². The molecule has 0 radical (unpaired) electrons. The molecular weight excluding hydrogens is 472 g/mol. The lowest BCUT2D eigenvalue weighted by Gasteiger charge is -2.16. The Balaban J connectivity index is 1.70. The van der Waals surface area contributed by atoms with Gasteiger partial charge < -0.3 is 4.57 Å². The fourth-order valence-corrected chi connectivity index (χ4v) is 4.30. The van der Waals surface area contributed by atoms with Gasteiger partial charge in [0.2, 0.25) is 5.82 Å². The molecule has 0 saturated heterocycles. The Kier molecular flexibility index (Phi) is 5.14. The molecule has 0 atom stereocenters. The Bertz CT molecular complexity index is 1470. The highest BCUT2D eigenvalue weighted by Gasteiger charge is 2.21. The van der Waals surface area contributed by atoms with Gasteiger partial charge in [0.15, 0.2) is 4.60 Å². The average molecular weight is 491 g/mol. The van der Waals surface area contributed by atoms with E-state index in [1.54, 1.807) is 0 Å². The number of halogens is 1. The first-order chi connectivity index (χ1) is 15.5. The van der Waals surface area contributed by atoms with E-state index in [2.05, 4.69) is 72.7 Å². The summed E-state index contributed by atoms with van der Waals surface area (Å²) in [5.41, 5.74) is 4.70. The number of aromatic amines is 2. The van der Waals surface area contributed by atoms with Crippen LogP contribution in [0.2, 0.25) is 0 Å². The number of imidazole rings is 1. The number of benzene rings is 2. The van der Waals surface area contributed by atoms with Crippen molar-refractivity contribution in [2.75, 3.05) is 0 Å². The van der Waals surface area contributed by atoms with E-state index in [1.165, 1.54) is 0 Å². The largest absolute Gasteiger partial charge is 0.319 e. The summed E-state index contributed by atoms with van der Waals surface area (Å²) < 4.78 is 2.49. The topological polar surface area (TPSA) is 118 Å². The van der Waals surface area contributed by atoms with Gasteiger partial charge in [-0.1, -0.05) is 62.4 Å². The van der Waals surface area contributed by atoms with E-state index in [-0.39, 0.29) is 11.5 Å².